The molecule has 3 rings (SSSR count). The lowest BCUT2D eigenvalue weighted by atomic mass is 9.72. The fourth-order valence-electron chi connectivity index (χ4n) is 3.36. The van der Waals surface area contributed by atoms with Crippen molar-refractivity contribution in [2.75, 3.05) is 13.7 Å². The Balaban J connectivity index is 1.86. The molecule has 0 saturated heterocycles. The molecule has 0 spiro atoms. The minimum Gasteiger partial charge on any atom is -0.497 e. The Hall–Kier alpha value is -1.55. The van der Waals surface area contributed by atoms with Crippen molar-refractivity contribution in [2.45, 2.75) is 38.5 Å². The first-order valence-electron chi connectivity index (χ1n) is 7.47. The average Bonchev–Trinajstić information content (AvgIpc) is 2.89. The first-order valence-corrected chi connectivity index (χ1v) is 7.47. The van der Waals surface area contributed by atoms with E-state index in [0.717, 1.165) is 35.6 Å². The number of imidazole rings is 1. The van der Waals surface area contributed by atoms with E-state index in [4.69, 9.17) is 15.5 Å². The monoisotopic (exact) mass is 273 g/mol. The first-order chi connectivity index (χ1) is 9.74. The van der Waals surface area contributed by atoms with Crippen LogP contribution >= 0.6 is 0 Å². The molecule has 4 heteroatoms. The van der Waals surface area contributed by atoms with Gasteiger partial charge in [-0.3, -0.25) is 0 Å². The zero-order valence-corrected chi connectivity index (χ0v) is 12.1. The molecule has 1 aromatic heterocycles. The number of nitrogens with zero attached hydrogens (tertiary/aromatic N) is 1. The fourth-order valence-corrected chi connectivity index (χ4v) is 3.36. The van der Waals surface area contributed by atoms with Crippen LogP contribution in [0.15, 0.2) is 18.2 Å². The molecule has 1 aromatic carbocycles. The van der Waals surface area contributed by atoms with Gasteiger partial charge in [-0.15, -0.1) is 0 Å². The number of hydrogen-bond donors (Lipinski definition) is 2. The van der Waals surface area contributed by atoms with Gasteiger partial charge in [-0.05, 0) is 36.9 Å². The van der Waals surface area contributed by atoms with Crippen LogP contribution in [0.4, 0.5) is 0 Å². The van der Waals surface area contributed by atoms with Crippen LogP contribution in [0.3, 0.4) is 0 Å². The molecule has 20 heavy (non-hydrogen) atoms. The van der Waals surface area contributed by atoms with Crippen LogP contribution in [0.5, 0.6) is 5.75 Å². The SMILES string of the molecule is COc1ccc2nc(CC3(CN)CCCCC3)[nH]c2c1. The van der Waals surface area contributed by atoms with Crippen molar-refractivity contribution in [3.05, 3.63) is 24.0 Å². The van der Waals surface area contributed by atoms with E-state index in [-0.39, 0.29) is 5.41 Å². The number of fused-ring (bicyclic) bond motifs is 1. The number of aromatic amines is 1. The number of nitrogens with two attached hydrogens (primary N) is 1. The van der Waals surface area contributed by atoms with Gasteiger partial charge in [0.25, 0.3) is 0 Å². The average molecular weight is 273 g/mol. The summed E-state index contributed by atoms with van der Waals surface area (Å²) in [7, 11) is 1.68. The van der Waals surface area contributed by atoms with Gasteiger partial charge in [-0.25, -0.2) is 4.98 Å². The van der Waals surface area contributed by atoms with E-state index in [2.05, 4.69) is 4.98 Å². The topological polar surface area (TPSA) is 63.9 Å². The molecule has 3 N–H and O–H groups in total. The maximum Gasteiger partial charge on any atom is 0.121 e. The summed E-state index contributed by atoms with van der Waals surface area (Å²) in [5.41, 5.74) is 8.36. The molecule has 0 unspecified atom stereocenters. The van der Waals surface area contributed by atoms with E-state index in [1.54, 1.807) is 7.11 Å². The molecule has 4 nitrogen and oxygen atoms in total. The van der Waals surface area contributed by atoms with Crippen molar-refractivity contribution in [1.29, 1.82) is 0 Å². The van der Waals surface area contributed by atoms with Gasteiger partial charge in [-0.1, -0.05) is 19.3 Å². The van der Waals surface area contributed by atoms with Crippen molar-refractivity contribution in [3.8, 4) is 5.75 Å². The summed E-state index contributed by atoms with van der Waals surface area (Å²) in [6.45, 7) is 0.757. The third-order valence-corrected chi connectivity index (χ3v) is 4.63. The van der Waals surface area contributed by atoms with Crippen molar-refractivity contribution >= 4 is 11.0 Å². The van der Waals surface area contributed by atoms with Crippen LogP contribution in [-0.4, -0.2) is 23.6 Å². The number of H-pyrrole nitrogens is 1. The second-order valence-corrected chi connectivity index (χ2v) is 6.01. The molecule has 2 aromatic rings. The van der Waals surface area contributed by atoms with Crippen molar-refractivity contribution in [1.82, 2.24) is 9.97 Å². The summed E-state index contributed by atoms with van der Waals surface area (Å²) in [4.78, 5) is 8.14. The van der Waals surface area contributed by atoms with Crippen molar-refractivity contribution in [2.24, 2.45) is 11.1 Å². The lowest BCUT2D eigenvalue weighted by Crippen LogP contribution is -2.35. The van der Waals surface area contributed by atoms with Gasteiger partial charge in [0.1, 0.15) is 11.6 Å². The van der Waals surface area contributed by atoms with Crippen LogP contribution in [0, 0.1) is 5.41 Å². The molecular formula is C16H23N3O. The van der Waals surface area contributed by atoms with E-state index in [1.165, 1.54) is 32.1 Å². The summed E-state index contributed by atoms with van der Waals surface area (Å²) >= 11 is 0. The maximum absolute atomic E-state index is 6.06. The van der Waals surface area contributed by atoms with E-state index in [0.29, 0.717) is 0 Å². The van der Waals surface area contributed by atoms with Crippen LogP contribution in [0.1, 0.15) is 37.9 Å². The standard InChI is InChI=1S/C16H23N3O/c1-20-12-5-6-13-14(9-12)19-15(18-13)10-16(11-17)7-3-2-4-8-16/h5-6,9H,2-4,7-8,10-11,17H2,1H3,(H,18,19). The van der Waals surface area contributed by atoms with Gasteiger partial charge in [0.15, 0.2) is 0 Å². The van der Waals surface area contributed by atoms with Gasteiger partial charge in [0, 0.05) is 12.5 Å². The highest BCUT2D eigenvalue weighted by Gasteiger charge is 2.31. The number of hydrogen-bond acceptors (Lipinski definition) is 3. The van der Waals surface area contributed by atoms with Gasteiger partial charge in [-0.2, -0.15) is 0 Å². The molecular weight excluding hydrogens is 250 g/mol. The third kappa shape index (κ3) is 2.52. The number of aromatic nitrogens is 2. The number of ether oxygens (including phenoxy) is 1. The number of benzene rings is 1. The first kappa shape index (κ1) is 13.4. The molecule has 0 aliphatic heterocycles. The number of rotatable bonds is 4. The number of methoxy groups -OCH3 is 1. The van der Waals surface area contributed by atoms with Crippen LogP contribution in [-0.2, 0) is 6.42 Å². The Bertz CT molecular complexity index is 584. The van der Waals surface area contributed by atoms with Crippen molar-refractivity contribution in [3.63, 3.8) is 0 Å². The second-order valence-electron chi connectivity index (χ2n) is 6.01. The van der Waals surface area contributed by atoms with Crippen LogP contribution in [0.2, 0.25) is 0 Å². The Morgan fingerprint density at radius 3 is 2.80 bits per heavy atom. The predicted molar refractivity (Wildman–Crippen MR) is 80.9 cm³/mol. The minimum atomic E-state index is 0.246. The Labute approximate surface area is 119 Å². The second kappa shape index (κ2) is 5.44. The zero-order valence-electron chi connectivity index (χ0n) is 12.1. The molecule has 0 atom stereocenters. The molecule has 1 saturated carbocycles. The summed E-state index contributed by atoms with van der Waals surface area (Å²) < 4.78 is 5.25. The van der Waals surface area contributed by atoms with Gasteiger partial charge < -0.3 is 15.5 Å². The molecule has 0 radical (unpaired) electrons. The predicted octanol–water partition coefficient (Wildman–Crippen LogP) is 3.02. The maximum atomic E-state index is 6.06. The fraction of sp³-hybridized carbons (Fsp3) is 0.562. The van der Waals surface area contributed by atoms with E-state index >= 15 is 0 Å². The van der Waals surface area contributed by atoms with Gasteiger partial charge in [0.05, 0.1) is 18.1 Å². The van der Waals surface area contributed by atoms with Crippen LogP contribution in [0.25, 0.3) is 11.0 Å². The normalized spacial score (nSPS) is 18.3. The molecule has 108 valence electrons. The lowest BCUT2D eigenvalue weighted by molar-refractivity contribution is 0.194. The lowest BCUT2D eigenvalue weighted by Gasteiger charge is -2.35. The van der Waals surface area contributed by atoms with Gasteiger partial charge in [0.2, 0.25) is 0 Å². The highest BCUT2D eigenvalue weighted by molar-refractivity contribution is 5.76. The highest BCUT2D eigenvalue weighted by Crippen LogP contribution is 2.38. The minimum absolute atomic E-state index is 0.246. The molecule has 1 aliphatic carbocycles. The third-order valence-electron chi connectivity index (χ3n) is 4.63. The molecule has 0 amide bonds. The molecule has 1 fully saturated rings. The van der Waals surface area contributed by atoms with Gasteiger partial charge >= 0.3 is 0 Å². The Kier molecular flexibility index (Phi) is 3.66. The summed E-state index contributed by atoms with van der Waals surface area (Å²) in [5, 5.41) is 0. The summed E-state index contributed by atoms with van der Waals surface area (Å²) in [6.07, 6.45) is 7.35. The molecule has 0 bridgehead atoms. The van der Waals surface area contributed by atoms with E-state index < -0.39 is 0 Å². The zero-order chi connectivity index (χ0) is 14.0. The number of nitrogens with one attached hydrogen (secondary N) is 1. The van der Waals surface area contributed by atoms with E-state index in [1.807, 2.05) is 18.2 Å². The smallest absolute Gasteiger partial charge is 0.121 e. The quantitative estimate of drug-likeness (QED) is 0.900. The highest BCUT2D eigenvalue weighted by atomic mass is 16.5. The Morgan fingerprint density at radius 2 is 2.10 bits per heavy atom. The summed E-state index contributed by atoms with van der Waals surface area (Å²) in [5.74, 6) is 1.92. The Morgan fingerprint density at radius 1 is 1.30 bits per heavy atom. The summed E-state index contributed by atoms with van der Waals surface area (Å²) in [6, 6.07) is 5.96. The van der Waals surface area contributed by atoms with E-state index in [9.17, 15) is 0 Å². The largest absolute Gasteiger partial charge is 0.497 e. The van der Waals surface area contributed by atoms with Crippen LogP contribution < -0.4 is 10.5 Å². The van der Waals surface area contributed by atoms with Crippen molar-refractivity contribution < 1.29 is 4.74 Å². The molecule has 1 heterocycles. The molecule has 1 aliphatic rings.